The van der Waals surface area contributed by atoms with Crippen molar-refractivity contribution in [2.75, 3.05) is 5.73 Å². The molecule has 5 nitrogen and oxygen atoms in total. The van der Waals surface area contributed by atoms with Gasteiger partial charge in [-0.1, -0.05) is 36.5 Å². The molecule has 0 aliphatic heterocycles. The number of allylic oxidation sites excluding steroid dienone is 1. The van der Waals surface area contributed by atoms with Crippen LogP contribution in [0.5, 0.6) is 0 Å². The lowest BCUT2D eigenvalue weighted by atomic mass is 10.0. The molecule has 0 aliphatic rings. The van der Waals surface area contributed by atoms with Crippen molar-refractivity contribution in [1.29, 1.82) is 5.41 Å². The van der Waals surface area contributed by atoms with Crippen LogP contribution in [-0.2, 0) is 6.54 Å². The molecule has 0 fully saturated rings. The molecule has 126 valence electrons. The number of anilines is 1. The van der Waals surface area contributed by atoms with Crippen LogP contribution in [0.2, 0.25) is 0 Å². The molecule has 3 rings (SSSR count). The van der Waals surface area contributed by atoms with Gasteiger partial charge in [-0.3, -0.25) is 0 Å². The Labute approximate surface area is 151 Å². The first kappa shape index (κ1) is 16.7. The third kappa shape index (κ3) is 3.25. The van der Waals surface area contributed by atoms with E-state index in [0.29, 0.717) is 22.8 Å². The van der Waals surface area contributed by atoms with Gasteiger partial charge in [0.2, 0.25) is 0 Å². The number of hydrogen-bond donors (Lipinski definition) is 4. The number of fused-ring (bicyclic) bond motifs is 1. The molecular formula is C19H19N5S. The summed E-state index contributed by atoms with van der Waals surface area (Å²) in [7, 11) is 0. The van der Waals surface area contributed by atoms with Gasteiger partial charge in [-0.15, -0.1) is 0 Å². The van der Waals surface area contributed by atoms with E-state index in [4.69, 9.17) is 34.8 Å². The Kier molecular flexibility index (Phi) is 4.54. The van der Waals surface area contributed by atoms with Crippen molar-refractivity contribution in [2.45, 2.75) is 6.54 Å². The topological polar surface area (TPSA) is 107 Å². The first-order chi connectivity index (χ1) is 12.0. The smallest absolute Gasteiger partial charge is 0.104 e. The number of nitrogens with zero attached hydrogens (tertiary/aromatic N) is 1. The molecule has 0 spiro atoms. The number of nitrogens with two attached hydrogens (primary N) is 3. The van der Waals surface area contributed by atoms with Crippen LogP contribution in [-0.4, -0.2) is 15.8 Å². The number of nitrogens with one attached hydrogen (secondary N) is 1. The van der Waals surface area contributed by atoms with Crippen LogP contribution in [0.3, 0.4) is 0 Å². The highest BCUT2D eigenvalue weighted by atomic mass is 32.1. The normalized spacial score (nSPS) is 11.6. The molecule has 1 heterocycles. The zero-order valence-corrected chi connectivity index (χ0v) is 14.4. The van der Waals surface area contributed by atoms with E-state index in [0.717, 1.165) is 27.6 Å². The minimum Gasteiger partial charge on any atom is -0.404 e. The molecule has 0 aliphatic carbocycles. The predicted molar refractivity (Wildman–Crippen MR) is 109 cm³/mol. The summed E-state index contributed by atoms with van der Waals surface area (Å²) in [6.45, 7) is 0.495. The number of hydrogen-bond acceptors (Lipinski definition) is 4. The van der Waals surface area contributed by atoms with Gasteiger partial charge in [0.1, 0.15) is 4.99 Å². The standard InChI is InChI=1S/C19H19N5S/c20-8-12(9-21)10-24-11-17(16-5-4-15(22)7-18(16)24)13-2-1-3-14(6-13)19(23)25/h1-9,11,20H,10,21-22H2,(H2,23,25)/b12-9+,20-8?. The Hall–Kier alpha value is -3.12. The van der Waals surface area contributed by atoms with E-state index in [2.05, 4.69) is 0 Å². The monoisotopic (exact) mass is 349 g/mol. The molecule has 6 heteroatoms. The number of rotatable bonds is 5. The largest absolute Gasteiger partial charge is 0.404 e. The lowest BCUT2D eigenvalue weighted by Crippen LogP contribution is -2.08. The third-order valence-electron chi connectivity index (χ3n) is 4.12. The number of nitrogen functional groups attached to an aromatic ring is 1. The number of benzene rings is 2. The van der Waals surface area contributed by atoms with Crippen LogP contribution < -0.4 is 17.2 Å². The molecular weight excluding hydrogens is 330 g/mol. The van der Waals surface area contributed by atoms with Crippen LogP contribution in [0, 0.1) is 5.41 Å². The molecule has 0 saturated heterocycles. The highest BCUT2D eigenvalue weighted by Gasteiger charge is 2.12. The average molecular weight is 349 g/mol. The Balaban J connectivity index is 2.21. The Morgan fingerprint density at radius 1 is 1.20 bits per heavy atom. The van der Waals surface area contributed by atoms with Crippen molar-refractivity contribution in [2.24, 2.45) is 11.5 Å². The fourth-order valence-electron chi connectivity index (χ4n) is 2.85. The van der Waals surface area contributed by atoms with E-state index >= 15 is 0 Å². The average Bonchev–Trinajstić information content (AvgIpc) is 2.97. The number of aromatic nitrogens is 1. The summed E-state index contributed by atoms with van der Waals surface area (Å²) in [6, 6.07) is 13.6. The summed E-state index contributed by atoms with van der Waals surface area (Å²) in [5.74, 6) is 0. The molecule has 0 unspecified atom stereocenters. The SMILES string of the molecule is N=C/C(=C\N)Cn1cc(-c2cccc(C(N)=S)c2)c2ccc(N)cc21. The van der Waals surface area contributed by atoms with E-state index < -0.39 is 0 Å². The van der Waals surface area contributed by atoms with Crippen LogP contribution in [0.1, 0.15) is 5.56 Å². The van der Waals surface area contributed by atoms with Crippen LogP contribution in [0.25, 0.3) is 22.0 Å². The van der Waals surface area contributed by atoms with Crippen molar-refractivity contribution in [3.05, 3.63) is 66.0 Å². The van der Waals surface area contributed by atoms with Gasteiger partial charge in [0.05, 0.1) is 12.1 Å². The van der Waals surface area contributed by atoms with Crippen molar-refractivity contribution in [3.63, 3.8) is 0 Å². The fourth-order valence-corrected chi connectivity index (χ4v) is 2.98. The van der Waals surface area contributed by atoms with Gasteiger partial charge in [-0.05, 0) is 23.8 Å². The highest BCUT2D eigenvalue weighted by molar-refractivity contribution is 7.80. The zero-order valence-electron chi connectivity index (χ0n) is 13.6. The Morgan fingerprint density at radius 2 is 2.00 bits per heavy atom. The molecule has 0 bridgehead atoms. The Morgan fingerprint density at radius 3 is 2.68 bits per heavy atom. The summed E-state index contributed by atoms with van der Waals surface area (Å²) in [4.78, 5) is 0.368. The summed E-state index contributed by atoms with van der Waals surface area (Å²) >= 11 is 5.09. The second kappa shape index (κ2) is 6.78. The lowest BCUT2D eigenvalue weighted by molar-refractivity contribution is 0.844. The molecule has 7 N–H and O–H groups in total. The van der Waals surface area contributed by atoms with Crippen LogP contribution >= 0.6 is 12.2 Å². The van der Waals surface area contributed by atoms with Gasteiger partial charge in [0, 0.05) is 46.4 Å². The van der Waals surface area contributed by atoms with E-state index in [-0.39, 0.29) is 0 Å². The maximum Gasteiger partial charge on any atom is 0.104 e. The molecule has 0 atom stereocenters. The maximum atomic E-state index is 7.47. The summed E-state index contributed by atoms with van der Waals surface area (Å²) in [6.07, 6.45) is 4.74. The molecule has 1 aromatic heterocycles. The van der Waals surface area contributed by atoms with E-state index in [1.807, 2.05) is 53.2 Å². The minimum absolute atomic E-state index is 0.368. The van der Waals surface area contributed by atoms with E-state index in [9.17, 15) is 0 Å². The van der Waals surface area contributed by atoms with Crippen molar-refractivity contribution in [3.8, 4) is 11.1 Å². The summed E-state index contributed by atoms with van der Waals surface area (Å²) in [5.41, 5.74) is 22.6. The van der Waals surface area contributed by atoms with E-state index in [1.54, 1.807) is 0 Å². The van der Waals surface area contributed by atoms with E-state index in [1.165, 1.54) is 12.4 Å². The predicted octanol–water partition coefficient (Wildman–Crippen LogP) is 3.02. The van der Waals surface area contributed by atoms with Gasteiger partial charge in [0.25, 0.3) is 0 Å². The second-order valence-electron chi connectivity index (χ2n) is 5.78. The first-order valence-electron chi connectivity index (χ1n) is 7.73. The number of thiocarbonyl (C=S) groups is 1. The second-order valence-corrected chi connectivity index (χ2v) is 6.22. The minimum atomic E-state index is 0.368. The van der Waals surface area contributed by atoms with Crippen LogP contribution in [0.15, 0.2) is 60.4 Å². The molecule has 2 aromatic carbocycles. The molecule has 0 amide bonds. The van der Waals surface area contributed by atoms with Crippen molar-refractivity contribution >= 4 is 40.0 Å². The fraction of sp³-hybridized carbons (Fsp3) is 0.0526. The molecule has 3 aromatic rings. The van der Waals surface area contributed by atoms with Gasteiger partial charge in [-0.25, -0.2) is 0 Å². The molecule has 0 radical (unpaired) electrons. The third-order valence-corrected chi connectivity index (χ3v) is 4.35. The quantitative estimate of drug-likeness (QED) is 0.323. The van der Waals surface area contributed by atoms with Crippen molar-refractivity contribution < 1.29 is 0 Å². The summed E-state index contributed by atoms with van der Waals surface area (Å²) < 4.78 is 2.04. The maximum absolute atomic E-state index is 7.47. The Bertz CT molecular complexity index is 1000. The van der Waals surface area contributed by atoms with Gasteiger partial charge < -0.3 is 27.2 Å². The molecule has 0 saturated carbocycles. The van der Waals surface area contributed by atoms with Gasteiger partial charge in [0.15, 0.2) is 0 Å². The van der Waals surface area contributed by atoms with Gasteiger partial charge >= 0.3 is 0 Å². The zero-order chi connectivity index (χ0) is 18.0. The highest BCUT2D eigenvalue weighted by Crippen LogP contribution is 2.32. The van der Waals surface area contributed by atoms with Crippen LogP contribution in [0.4, 0.5) is 5.69 Å². The lowest BCUT2D eigenvalue weighted by Gasteiger charge is -2.05. The molecule has 25 heavy (non-hydrogen) atoms. The first-order valence-corrected chi connectivity index (χ1v) is 8.14. The summed E-state index contributed by atoms with van der Waals surface area (Å²) in [5, 5.41) is 8.53. The van der Waals surface area contributed by atoms with Crippen molar-refractivity contribution in [1.82, 2.24) is 4.57 Å². The van der Waals surface area contributed by atoms with Gasteiger partial charge in [-0.2, -0.15) is 0 Å².